The molecule has 0 fully saturated rings. The smallest absolute Gasteiger partial charge is 0.253 e. The lowest BCUT2D eigenvalue weighted by atomic mass is 10.1. The Bertz CT molecular complexity index is 598. The third-order valence-corrected chi connectivity index (χ3v) is 3.11. The first-order chi connectivity index (χ1) is 9.76. The average molecular weight is 270 g/mol. The number of hydrogen-bond acceptors (Lipinski definition) is 4. The molecular weight excluding hydrogens is 252 g/mol. The van der Waals surface area contributed by atoms with Crippen LogP contribution in [0.2, 0.25) is 0 Å². The highest BCUT2D eigenvalue weighted by atomic mass is 16.1. The van der Waals surface area contributed by atoms with Crippen molar-refractivity contribution < 1.29 is 4.79 Å². The van der Waals surface area contributed by atoms with Gasteiger partial charge in [0, 0.05) is 6.20 Å². The van der Waals surface area contributed by atoms with E-state index < -0.39 is 0 Å². The van der Waals surface area contributed by atoms with Gasteiger partial charge in [-0.25, -0.2) is 0 Å². The number of hydrogen-bond donors (Lipinski definition) is 3. The van der Waals surface area contributed by atoms with Crippen LogP contribution in [0.15, 0.2) is 42.6 Å². The molecule has 1 amide bonds. The van der Waals surface area contributed by atoms with E-state index in [-0.39, 0.29) is 5.91 Å². The van der Waals surface area contributed by atoms with E-state index >= 15 is 0 Å². The van der Waals surface area contributed by atoms with Crippen molar-refractivity contribution >= 4 is 11.6 Å². The standard InChI is InChI=1S/C15H18N4O/c1-2-11-6-5-9-17-14(11)10-18-15(20)12-7-3-4-8-13(12)19-16/h3-9,19H,2,10,16H2,1H3,(H,18,20). The number of hydrazine groups is 1. The normalized spacial score (nSPS) is 10.1. The minimum absolute atomic E-state index is 0.175. The van der Waals surface area contributed by atoms with Crippen LogP contribution in [0.25, 0.3) is 0 Å². The van der Waals surface area contributed by atoms with Gasteiger partial charge in [-0.15, -0.1) is 0 Å². The van der Waals surface area contributed by atoms with Gasteiger partial charge in [-0.05, 0) is 30.2 Å². The van der Waals surface area contributed by atoms with Gasteiger partial charge in [0.2, 0.25) is 0 Å². The Labute approximate surface area is 118 Å². The summed E-state index contributed by atoms with van der Waals surface area (Å²) in [7, 11) is 0. The van der Waals surface area contributed by atoms with Gasteiger partial charge in [0.1, 0.15) is 0 Å². The molecular formula is C15H18N4O. The van der Waals surface area contributed by atoms with E-state index in [9.17, 15) is 4.79 Å². The number of nitrogens with one attached hydrogen (secondary N) is 2. The Kier molecular flexibility index (Phi) is 4.68. The van der Waals surface area contributed by atoms with E-state index in [2.05, 4.69) is 22.7 Å². The zero-order valence-corrected chi connectivity index (χ0v) is 11.4. The number of aryl methyl sites for hydroxylation is 1. The van der Waals surface area contributed by atoms with Crippen molar-refractivity contribution in [2.24, 2.45) is 5.84 Å². The average Bonchev–Trinajstić information content (AvgIpc) is 2.52. The molecule has 0 aliphatic rings. The van der Waals surface area contributed by atoms with E-state index in [0.717, 1.165) is 17.7 Å². The largest absolute Gasteiger partial charge is 0.346 e. The van der Waals surface area contributed by atoms with Crippen LogP contribution < -0.4 is 16.6 Å². The SMILES string of the molecule is CCc1cccnc1CNC(=O)c1ccccc1NN. The summed E-state index contributed by atoms with van der Waals surface area (Å²) in [6.07, 6.45) is 2.62. The molecule has 20 heavy (non-hydrogen) atoms. The Hall–Kier alpha value is -2.40. The maximum absolute atomic E-state index is 12.2. The van der Waals surface area contributed by atoms with Gasteiger partial charge in [-0.2, -0.15) is 0 Å². The summed E-state index contributed by atoms with van der Waals surface area (Å²) in [5.41, 5.74) is 5.66. The fraction of sp³-hybridized carbons (Fsp3) is 0.200. The number of rotatable bonds is 5. The highest BCUT2D eigenvalue weighted by molar-refractivity contribution is 5.99. The number of nitrogen functional groups attached to an aromatic ring is 1. The topological polar surface area (TPSA) is 80.0 Å². The van der Waals surface area contributed by atoms with Gasteiger partial charge in [-0.3, -0.25) is 15.6 Å². The number of anilines is 1. The van der Waals surface area contributed by atoms with Gasteiger partial charge >= 0.3 is 0 Å². The molecule has 5 nitrogen and oxygen atoms in total. The fourth-order valence-corrected chi connectivity index (χ4v) is 2.02. The van der Waals surface area contributed by atoms with Gasteiger partial charge in [0.15, 0.2) is 0 Å². The molecule has 0 unspecified atom stereocenters. The number of aromatic nitrogens is 1. The van der Waals surface area contributed by atoms with Crippen molar-refractivity contribution in [3.8, 4) is 0 Å². The molecule has 0 aliphatic carbocycles. The van der Waals surface area contributed by atoms with Crippen LogP contribution in [-0.4, -0.2) is 10.9 Å². The number of carbonyl (C=O) groups is 1. The highest BCUT2D eigenvalue weighted by Gasteiger charge is 2.10. The fourth-order valence-electron chi connectivity index (χ4n) is 2.02. The van der Waals surface area contributed by atoms with E-state index in [1.165, 1.54) is 0 Å². The van der Waals surface area contributed by atoms with Crippen LogP contribution in [0.4, 0.5) is 5.69 Å². The molecule has 0 saturated carbocycles. The van der Waals surface area contributed by atoms with Crippen molar-refractivity contribution in [2.45, 2.75) is 19.9 Å². The number of pyridine rings is 1. The van der Waals surface area contributed by atoms with Crippen molar-refractivity contribution in [1.29, 1.82) is 0 Å². The first-order valence-corrected chi connectivity index (χ1v) is 6.53. The molecule has 1 aromatic carbocycles. The second kappa shape index (κ2) is 6.68. The first-order valence-electron chi connectivity index (χ1n) is 6.53. The monoisotopic (exact) mass is 270 g/mol. The molecule has 5 heteroatoms. The lowest BCUT2D eigenvalue weighted by Crippen LogP contribution is -2.25. The predicted octanol–water partition coefficient (Wildman–Crippen LogP) is 1.86. The molecule has 0 aliphatic heterocycles. The summed E-state index contributed by atoms with van der Waals surface area (Å²) >= 11 is 0. The summed E-state index contributed by atoms with van der Waals surface area (Å²) in [4.78, 5) is 16.5. The lowest BCUT2D eigenvalue weighted by Gasteiger charge is -2.10. The number of nitrogens with zero attached hydrogens (tertiary/aromatic N) is 1. The molecule has 0 radical (unpaired) electrons. The summed E-state index contributed by atoms with van der Waals surface area (Å²) in [6.45, 7) is 2.47. The quantitative estimate of drug-likeness (QED) is 0.572. The first kappa shape index (κ1) is 14.0. The van der Waals surface area contributed by atoms with E-state index in [1.54, 1.807) is 24.4 Å². The van der Waals surface area contributed by atoms with Crippen LogP contribution in [0.5, 0.6) is 0 Å². The molecule has 0 saturated heterocycles. The minimum Gasteiger partial charge on any atom is -0.346 e. The zero-order valence-electron chi connectivity index (χ0n) is 11.4. The maximum Gasteiger partial charge on any atom is 0.253 e. The molecule has 0 spiro atoms. The molecule has 1 heterocycles. The van der Waals surface area contributed by atoms with E-state index in [0.29, 0.717) is 17.8 Å². The number of benzene rings is 1. The Morgan fingerprint density at radius 3 is 2.80 bits per heavy atom. The second-order valence-electron chi connectivity index (χ2n) is 4.34. The van der Waals surface area contributed by atoms with E-state index in [4.69, 9.17) is 5.84 Å². The molecule has 2 rings (SSSR count). The Balaban J connectivity index is 2.09. The van der Waals surface area contributed by atoms with Crippen LogP contribution in [0.1, 0.15) is 28.5 Å². The van der Waals surface area contributed by atoms with Crippen LogP contribution in [0, 0.1) is 0 Å². The van der Waals surface area contributed by atoms with Crippen molar-refractivity contribution in [2.75, 3.05) is 5.43 Å². The van der Waals surface area contributed by atoms with Gasteiger partial charge < -0.3 is 10.7 Å². The van der Waals surface area contributed by atoms with Crippen LogP contribution >= 0.6 is 0 Å². The van der Waals surface area contributed by atoms with Crippen molar-refractivity contribution in [3.63, 3.8) is 0 Å². The zero-order chi connectivity index (χ0) is 14.4. The van der Waals surface area contributed by atoms with E-state index in [1.807, 2.05) is 18.2 Å². The molecule has 0 bridgehead atoms. The van der Waals surface area contributed by atoms with Crippen molar-refractivity contribution in [1.82, 2.24) is 10.3 Å². The predicted molar refractivity (Wildman–Crippen MR) is 79.0 cm³/mol. The highest BCUT2D eigenvalue weighted by Crippen LogP contribution is 2.13. The number of carbonyl (C=O) groups excluding carboxylic acids is 1. The molecule has 1 aromatic heterocycles. The number of amides is 1. The Morgan fingerprint density at radius 2 is 2.05 bits per heavy atom. The maximum atomic E-state index is 12.2. The van der Waals surface area contributed by atoms with Crippen molar-refractivity contribution in [3.05, 3.63) is 59.4 Å². The second-order valence-corrected chi connectivity index (χ2v) is 4.34. The number of nitrogens with two attached hydrogens (primary N) is 1. The summed E-state index contributed by atoms with van der Waals surface area (Å²) in [6, 6.07) is 11.0. The summed E-state index contributed by atoms with van der Waals surface area (Å²) in [5.74, 6) is 5.22. The summed E-state index contributed by atoms with van der Waals surface area (Å²) < 4.78 is 0. The molecule has 0 atom stereocenters. The Morgan fingerprint density at radius 1 is 1.25 bits per heavy atom. The van der Waals surface area contributed by atoms with Crippen LogP contribution in [0.3, 0.4) is 0 Å². The molecule has 2 aromatic rings. The third kappa shape index (κ3) is 3.13. The number of para-hydroxylation sites is 1. The molecule has 104 valence electrons. The third-order valence-electron chi connectivity index (χ3n) is 3.11. The van der Waals surface area contributed by atoms with Gasteiger partial charge in [-0.1, -0.05) is 25.1 Å². The molecule has 4 N–H and O–H groups in total. The van der Waals surface area contributed by atoms with Gasteiger partial charge in [0.25, 0.3) is 5.91 Å². The van der Waals surface area contributed by atoms with Crippen LogP contribution in [-0.2, 0) is 13.0 Å². The minimum atomic E-state index is -0.175. The summed E-state index contributed by atoms with van der Waals surface area (Å²) in [5, 5.41) is 2.87. The van der Waals surface area contributed by atoms with Gasteiger partial charge in [0.05, 0.1) is 23.5 Å². The lowest BCUT2D eigenvalue weighted by molar-refractivity contribution is 0.0951.